The molecule has 3 aromatic rings. The van der Waals surface area contributed by atoms with Crippen LogP contribution in [0.4, 0.5) is 14.5 Å². The Morgan fingerprint density at radius 1 is 1.17 bits per heavy atom. The second kappa shape index (κ2) is 10.5. The van der Waals surface area contributed by atoms with Crippen LogP contribution in [0.15, 0.2) is 66.3 Å². The van der Waals surface area contributed by atoms with E-state index < -0.39 is 5.82 Å². The predicted octanol–water partition coefficient (Wildman–Crippen LogP) is 4.44. The van der Waals surface area contributed by atoms with E-state index in [1.54, 1.807) is 28.8 Å². The number of hydrogen-bond donors (Lipinski definition) is 1. The maximum Gasteiger partial charge on any atom is 0.225 e. The lowest BCUT2D eigenvalue weighted by Gasteiger charge is -2.09. The number of rotatable bonds is 10. The zero-order chi connectivity index (χ0) is 21.3. The van der Waals surface area contributed by atoms with Gasteiger partial charge in [-0.3, -0.25) is 9.36 Å². The van der Waals surface area contributed by atoms with Crippen molar-refractivity contribution < 1.29 is 18.3 Å². The number of aromatic nitrogens is 3. The molecule has 0 unspecified atom stereocenters. The third-order valence-electron chi connectivity index (χ3n) is 3.99. The van der Waals surface area contributed by atoms with Crippen LogP contribution in [0.1, 0.15) is 12.2 Å². The van der Waals surface area contributed by atoms with Crippen molar-refractivity contribution in [3.05, 3.63) is 78.6 Å². The third kappa shape index (κ3) is 5.90. The molecule has 3 rings (SSSR count). The van der Waals surface area contributed by atoms with Gasteiger partial charge in [-0.05, 0) is 36.4 Å². The summed E-state index contributed by atoms with van der Waals surface area (Å²) >= 11 is 1.37. The van der Waals surface area contributed by atoms with E-state index in [9.17, 15) is 13.6 Å². The van der Waals surface area contributed by atoms with E-state index in [0.29, 0.717) is 29.0 Å². The smallest absolute Gasteiger partial charge is 0.225 e. The van der Waals surface area contributed by atoms with E-state index in [1.807, 2.05) is 0 Å². The van der Waals surface area contributed by atoms with Crippen LogP contribution < -0.4 is 10.1 Å². The molecule has 0 aliphatic rings. The van der Waals surface area contributed by atoms with Gasteiger partial charge in [0.05, 0.1) is 0 Å². The Labute approximate surface area is 177 Å². The van der Waals surface area contributed by atoms with Crippen molar-refractivity contribution in [1.82, 2.24) is 14.8 Å². The highest BCUT2D eigenvalue weighted by Gasteiger charge is 2.14. The fraction of sp³-hybridized carbons (Fsp3) is 0.190. The molecule has 30 heavy (non-hydrogen) atoms. The number of thioether (sulfide) groups is 1. The van der Waals surface area contributed by atoms with E-state index in [2.05, 4.69) is 22.1 Å². The molecule has 6 nitrogen and oxygen atoms in total. The number of halogens is 2. The van der Waals surface area contributed by atoms with Crippen molar-refractivity contribution in [2.24, 2.45) is 0 Å². The topological polar surface area (TPSA) is 69.0 Å². The standard InChI is InChI=1S/C21H20F2N4O2S/c1-2-12-27-19(14-29-18-6-4-3-5-17(18)23)25-26-21(27)30-13-11-20(28)24-16-9-7-15(22)8-10-16/h2-10H,1,11-14H2,(H,24,28). The van der Waals surface area contributed by atoms with E-state index in [-0.39, 0.29) is 30.5 Å². The molecular weight excluding hydrogens is 410 g/mol. The van der Waals surface area contributed by atoms with Crippen LogP contribution in [0.2, 0.25) is 0 Å². The van der Waals surface area contributed by atoms with Crippen LogP contribution in [0.25, 0.3) is 0 Å². The Hall–Kier alpha value is -3.20. The first kappa shape index (κ1) is 21.5. The second-order valence-corrected chi connectivity index (χ2v) is 7.23. The van der Waals surface area contributed by atoms with Gasteiger partial charge in [0.2, 0.25) is 5.91 Å². The van der Waals surface area contributed by atoms with Crippen LogP contribution >= 0.6 is 11.8 Å². The molecular formula is C21H20F2N4O2S. The number of allylic oxidation sites excluding steroid dienone is 1. The van der Waals surface area contributed by atoms with Crippen molar-refractivity contribution >= 4 is 23.4 Å². The molecule has 2 aromatic carbocycles. The molecule has 0 aliphatic carbocycles. The summed E-state index contributed by atoms with van der Waals surface area (Å²) in [5.74, 6) is 0.130. The van der Waals surface area contributed by atoms with E-state index >= 15 is 0 Å². The van der Waals surface area contributed by atoms with E-state index in [4.69, 9.17) is 4.74 Å². The normalized spacial score (nSPS) is 10.6. The summed E-state index contributed by atoms with van der Waals surface area (Å²) in [6.07, 6.45) is 1.94. The van der Waals surface area contributed by atoms with Gasteiger partial charge >= 0.3 is 0 Å². The third-order valence-corrected chi connectivity index (χ3v) is 4.96. The SMILES string of the molecule is C=CCn1c(COc2ccccc2F)nnc1SCCC(=O)Nc1ccc(F)cc1. The lowest BCUT2D eigenvalue weighted by molar-refractivity contribution is -0.115. The largest absolute Gasteiger partial charge is 0.483 e. The summed E-state index contributed by atoms with van der Waals surface area (Å²) in [6, 6.07) is 11.7. The zero-order valence-corrected chi connectivity index (χ0v) is 16.9. The fourth-order valence-electron chi connectivity index (χ4n) is 2.54. The quantitative estimate of drug-likeness (QED) is 0.380. The molecule has 0 fully saturated rings. The first-order valence-corrected chi connectivity index (χ1v) is 10.1. The minimum atomic E-state index is -0.450. The van der Waals surface area contributed by atoms with Crippen molar-refractivity contribution in [1.29, 1.82) is 0 Å². The summed E-state index contributed by atoms with van der Waals surface area (Å²) in [7, 11) is 0. The maximum atomic E-state index is 13.7. The van der Waals surface area contributed by atoms with Crippen molar-refractivity contribution in [2.45, 2.75) is 24.7 Å². The maximum absolute atomic E-state index is 13.7. The molecule has 0 radical (unpaired) electrons. The monoisotopic (exact) mass is 430 g/mol. The van der Waals surface area contributed by atoms with Crippen LogP contribution in [0.3, 0.4) is 0 Å². The number of hydrogen-bond acceptors (Lipinski definition) is 5. The van der Waals surface area contributed by atoms with Crippen molar-refractivity contribution in [2.75, 3.05) is 11.1 Å². The van der Waals surface area contributed by atoms with Crippen molar-refractivity contribution in [3.63, 3.8) is 0 Å². The van der Waals surface area contributed by atoms with Crippen LogP contribution in [0, 0.1) is 11.6 Å². The van der Waals surface area contributed by atoms with E-state index in [0.717, 1.165) is 0 Å². The Bertz CT molecular complexity index is 1010. The van der Waals surface area contributed by atoms with Gasteiger partial charge in [-0.2, -0.15) is 0 Å². The molecule has 1 heterocycles. The minimum absolute atomic E-state index is 0.0490. The molecule has 0 bridgehead atoms. The molecule has 0 aliphatic heterocycles. The molecule has 1 aromatic heterocycles. The van der Waals surface area contributed by atoms with Crippen molar-refractivity contribution in [3.8, 4) is 5.75 Å². The molecule has 0 atom stereocenters. The highest BCUT2D eigenvalue weighted by molar-refractivity contribution is 7.99. The number of benzene rings is 2. The molecule has 0 spiro atoms. The summed E-state index contributed by atoms with van der Waals surface area (Å²) in [4.78, 5) is 12.1. The number of para-hydroxylation sites is 1. The van der Waals surface area contributed by atoms with Gasteiger partial charge in [0.25, 0.3) is 0 Å². The Balaban J connectivity index is 1.55. The van der Waals surface area contributed by atoms with Crippen LogP contribution in [0.5, 0.6) is 5.75 Å². The number of amides is 1. The number of anilines is 1. The van der Waals surface area contributed by atoms with Gasteiger partial charge in [-0.15, -0.1) is 16.8 Å². The number of nitrogens with zero attached hydrogens (tertiary/aromatic N) is 3. The number of ether oxygens (including phenoxy) is 1. The lowest BCUT2D eigenvalue weighted by atomic mass is 10.3. The summed E-state index contributed by atoms with van der Waals surface area (Å²) < 4.78 is 34.0. The summed E-state index contributed by atoms with van der Waals surface area (Å²) in [6.45, 7) is 4.23. The molecule has 1 N–H and O–H groups in total. The highest BCUT2D eigenvalue weighted by atomic mass is 32.2. The van der Waals surface area contributed by atoms with Gasteiger partial charge in [-0.25, -0.2) is 8.78 Å². The van der Waals surface area contributed by atoms with Crippen LogP contribution in [-0.4, -0.2) is 26.4 Å². The Morgan fingerprint density at radius 2 is 1.93 bits per heavy atom. The average Bonchev–Trinajstić information content (AvgIpc) is 3.11. The number of carbonyl (C=O) groups excluding carboxylic acids is 1. The number of carbonyl (C=O) groups is 1. The van der Waals surface area contributed by atoms with Gasteiger partial charge in [-0.1, -0.05) is 30.0 Å². The fourth-order valence-corrected chi connectivity index (χ4v) is 3.45. The average molecular weight is 430 g/mol. The van der Waals surface area contributed by atoms with E-state index in [1.165, 1.54) is 42.1 Å². The van der Waals surface area contributed by atoms with Gasteiger partial charge < -0.3 is 10.1 Å². The first-order valence-electron chi connectivity index (χ1n) is 9.15. The molecule has 0 saturated heterocycles. The Morgan fingerprint density at radius 3 is 2.67 bits per heavy atom. The molecule has 1 amide bonds. The highest BCUT2D eigenvalue weighted by Crippen LogP contribution is 2.21. The predicted molar refractivity (Wildman–Crippen MR) is 111 cm³/mol. The van der Waals surface area contributed by atoms with Crippen LogP contribution in [-0.2, 0) is 17.9 Å². The second-order valence-electron chi connectivity index (χ2n) is 6.17. The van der Waals surface area contributed by atoms with Gasteiger partial charge in [0.1, 0.15) is 12.4 Å². The molecule has 9 heteroatoms. The summed E-state index contributed by atoms with van der Waals surface area (Å²) in [5, 5.41) is 11.6. The molecule has 0 saturated carbocycles. The zero-order valence-electron chi connectivity index (χ0n) is 16.1. The Kier molecular flexibility index (Phi) is 7.56. The molecule has 156 valence electrons. The minimum Gasteiger partial charge on any atom is -0.483 e. The first-order chi connectivity index (χ1) is 14.6. The summed E-state index contributed by atoms with van der Waals surface area (Å²) in [5.41, 5.74) is 0.536. The van der Waals surface area contributed by atoms with Gasteiger partial charge in [0.15, 0.2) is 22.5 Å². The van der Waals surface area contributed by atoms with Gasteiger partial charge in [0, 0.05) is 24.4 Å². The number of nitrogens with one attached hydrogen (secondary N) is 1. The lowest BCUT2D eigenvalue weighted by Crippen LogP contribution is -2.12.